The number of carbonyl (C=O) groups excluding carboxylic acids is 3. The van der Waals surface area contributed by atoms with Crippen LogP contribution < -0.4 is 14.8 Å². The first-order valence-electron chi connectivity index (χ1n) is 12.1. The average Bonchev–Trinajstić information content (AvgIpc) is 3.49. The third-order valence-corrected chi connectivity index (χ3v) is 6.15. The number of carbonyl (C=O) groups is 3. The Balaban J connectivity index is 1.59. The van der Waals surface area contributed by atoms with Crippen LogP contribution in [0.1, 0.15) is 39.9 Å². The fraction of sp³-hybridized carbons (Fsp3) is 0.207. The van der Waals surface area contributed by atoms with Crippen LogP contribution in [0.25, 0.3) is 6.08 Å². The first kappa shape index (κ1) is 27.5. The van der Waals surface area contributed by atoms with E-state index in [1.807, 2.05) is 31.2 Å². The number of esters is 1. The Morgan fingerprint density at radius 3 is 2.64 bits per heavy atom. The normalized spacial score (nSPS) is 13.9. The standard InChI is InChI=1S/C29H27ClN2O7/c1-4-8-19-13-18(15-25(37-5-2)26(19)38-17-20-9-6-7-10-22(20)30)14-23-27(33)32(29(35)31-23)16-21-11-12-24(39-21)28(34)36-3/h4,6-7,9-15H,1,5,8,16-17H2,2-3H3,(H,31,35)/b23-14-. The Labute approximate surface area is 230 Å². The Morgan fingerprint density at radius 2 is 1.92 bits per heavy atom. The molecule has 1 aromatic heterocycles. The Morgan fingerprint density at radius 1 is 1.13 bits per heavy atom. The summed E-state index contributed by atoms with van der Waals surface area (Å²) in [5.41, 5.74) is 2.31. The van der Waals surface area contributed by atoms with E-state index in [1.54, 1.807) is 24.3 Å². The Kier molecular flexibility index (Phi) is 8.73. The highest BCUT2D eigenvalue weighted by Crippen LogP contribution is 2.36. The van der Waals surface area contributed by atoms with Gasteiger partial charge in [0.2, 0.25) is 5.76 Å². The molecule has 2 aromatic carbocycles. The van der Waals surface area contributed by atoms with Crippen LogP contribution in [0.4, 0.5) is 4.79 Å². The molecule has 39 heavy (non-hydrogen) atoms. The first-order valence-corrected chi connectivity index (χ1v) is 12.5. The maximum Gasteiger partial charge on any atom is 0.373 e. The third-order valence-electron chi connectivity index (χ3n) is 5.78. The van der Waals surface area contributed by atoms with Gasteiger partial charge in [-0.15, -0.1) is 6.58 Å². The lowest BCUT2D eigenvalue weighted by Gasteiger charge is -2.17. The molecule has 1 saturated heterocycles. The third kappa shape index (κ3) is 6.32. The highest BCUT2D eigenvalue weighted by atomic mass is 35.5. The van der Waals surface area contributed by atoms with Crippen molar-refractivity contribution >= 4 is 35.6 Å². The second-order valence-corrected chi connectivity index (χ2v) is 8.86. The molecule has 0 bridgehead atoms. The molecule has 0 unspecified atom stereocenters. The molecular weight excluding hydrogens is 524 g/mol. The number of rotatable bonds is 11. The van der Waals surface area contributed by atoms with Gasteiger partial charge in [-0.2, -0.15) is 0 Å². The van der Waals surface area contributed by atoms with E-state index < -0.39 is 17.9 Å². The number of urea groups is 1. The zero-order valence-electron chi connectivity index (χ0n) is 21.5. The molecule has 4 rings (SSSR count). The van der Waals surface area contributed by atoms with E-state index in [2.05, 4.69) is 16.6 Å². The average molecular weight is 551 g/mol. The van der Waals surface area contributed by atoms with Crippen molar-refractivity contribution in [3.05, 3.63) is 100 Å². The van der Waals surface area contributed by atoms with Crippen molar-refractivity contribution < 1.29 is 33.0 Å². The number of nitrogens with zero attached hydrogens (tertiary/aromatic N) is 1. The van der Waals surface area contributed by atoms with Crippen LogP contribution in [0.15, 0.2) is 71.3 Å². The zero-order chi connectivity index (χ0) is 27.9. The van der Waals surface area contributed by atoms with E-state index in [9.17, 15) is 14.4 Å². The monoisotopic (exact) mass is 550 g/mol. The summed E-state index contributed by atoms with van der Waals surface area (Å²) in [6, 6.07) is 13.3. The molecule has 1 N–H and O–H groups in total. The van der Waals surface area contributed by atoms with Gasteiger partial charge in [-0.05, 0) is 55.3 Å². The minimum absolute atomic E-state index is 0.0228. The van der Waals surface area contributed by atoms with E-state index in [1.165, 1.54) is 19.2 Å². The first-order chi connectivity index (χ1) is 18.8. The van der Waals surface area contributed by atoms with Crippen LogP contribution in [-0.2, 0) is 29.1 Å². The highest BCUT2D eigenvalue weighted by Gasteiger charge is 2.34. The van der Waals surface area contributed by atoms with E-state index in [4.69, 9.17) is 25.5 Å². The van der Waals surface area contributed by atoms with Gasteiger partial charge in [-0.3, -0.25) is 9.69 Å². The van der Waals surface area contributed by atoms with Crippen LogP contribution in [0.3, 0.4) is 0 Å². The maximum absolute atomic E-state index is 13.1. The van der Waals surface area contributed by atoms with E-state index in [0.29, 0.717) is 35.1 Å². The van der Waals surface area contributed by atoms with Crippen LogP contribution >= 0.6 is 11.6 Å². The molecular formula is C29H27ClN2O7. The number of methoxy groups -OCH3 is 1. The van der Waals surface area contributed by atoms with Gasteiger partial charge in [0, 0.05) is 16.1 Å². The quantitative estimate of drug-likeness (QED) is 0.145. The lowest BCUT2D eigenvalue weighted by molar-refractivity contribution is -0.123. The van der Waals surface area contributed by atoms with Crippen LogP contribution in [-0.4, -0.2) is 36.5 Å². The van der Waals surface area contributed by atoms with Gasteiger partial charge in [0.15, 0.2) is 11.5 Å². The minimum Gasteiger partial charge on any atom is -0.490 e. The largest absolute Gasteiger partial charge is 0.490 e. The number of ether oxygens (including phenoxy) is 3. The smallest absolute Gasteiger partial charge is 0.373 e. The molecule has 0 saturated carbocycles. The zero-order valence-corrected chi connectivity index (χ0v) is 22.2. The molecule has 0 aliphatic carbocycles. The van der Waals surface area contributed by atoms with Crippen molar-refractivity contribution in [1.82, 2.24) is 10.2 Å². The summed E-state index contributed by atoms with van der Waals surface area (Å²) in [7, 11) is 1.23. The van der Waals surface area contributed by atoms with Gasteiger partial charge >= 0.3 is 12.0 Å². The number of hydrogen-bond donors (Lipinski definition) is 1. The van der Waals surface area contributed by atoms with Crippen LogP contribution in [0, 0.1) is 0 Å². The molecule has 0 atom stereocenters. The lowest BCUT2D eigenvalue weighted by atomic mass is 10.0. The molecule has 1 aliphatic heterocycles. The summed E-state index contributed by atoms with van der Waals surface area (Å²) in [6.45, 7) is 6.16. The number of hydrogen-bond acceptors (Lipinski definition) is 7. The second-order valence-electron chi connectivity index (χ2n) is 8.45. The molecule has 3 amide bonds. The van der Waals surface area contributed by atoms with Crippen molar-refractivity contribution in [3.63, 3.8) is 0 Å². The van der Waals surface area contributed by atoms with Crippen molar-refractivity contribution in [3.8, 4) is 11.5 Å². The highest BCUT2D eigenvalue weighted by molar-refractivity contribution is 6.31. The second kappa shape index (κ2) is 12.4. The molecule has 9 nitrogen and oxygen atoms in total. The van der Waals surface area contributed by atoms with Crippen molar-refractivity contribution in [1.29, 1.82) is 0 Å². The van der Waals surface area contributed by atoms with E-state index >= 15 is 0 Å². The molecule has 10 heteroatoms. The number of nitrogens with one attached hydrogen (secondary N) is 1. The summed E-state index contributed by atoms with van der Waals surface area (Å²) in [5, 5.41) is 3.19. The van der Waals surface area contributed by atoms with Gasteiger partial charge in [0.05, 0.1) is 20.3 Å². The maximum atomic E-state index is 13.1. The summed E-state index contributed by atoms with van der Waals surface area (Å²) >= 11 is 6.29. The van der Waals surface area contributed by atoms with Crippen molar-refractivity contribution in [2.24, 2.45) is 0 Å². The van der Waals surface area contributed by atoms with E-state index in [-0.39, 0.29) is 30.4 Å². The molecule has 1 fully saturated rings. The van der Waals surface area contributed by atoms with Crippen molar-refractivity contribution in [2.75, 3.05) is 13.7 Å². The number of allylic oxidation sites excluding steroid dienone is 1. The SMILES string of the molecule is C=CCc1cc(/C=C2\NC(=O)N(Cc3ccc(C(=O)OC)o3)C2=O)cc(OCC)c1OCc1ccccc1Cl. The summed E-state index contributed by atoms with van der Waals surface area (Å²) < 4.78 is 22.0. The predicted octanol–water partition coefficient (Wildman–Crippen LogP) is 5.52. The van der Waals surface area contributed by atoms with E-state index in [0.717, 1.165) is 16.0 Å². The summed E-state index contributed by atoms with van der Waals surface area (Å²) in [4.78, 5) is 38.3. The number of amides is 3. The van der Waals surface area contributed by atoms with Crippen molar-refractivity contribution in [2.45, 2.75) is 26.5 Å². The van der Waals surface area contributed by atoms with Crippen LogP contribution in [0.2, 0.25) is 5.02 Å². The predicted molar refractivity (Wildman–Crippen MR) is 144 cm³/mol. The summed E-state index contributed by atoms with van der Waals surface area (Å²) in [6.07, 6.45) is 3.78. The summed E-state index contributed by atoms with van der Waals surface area (Å²) in [5.74, 6) is 0.0613. The number of imide groups is 1. The number of halogens is 1. The van der Waals surface area contributed by atoms with Gasteiger partial charge in [0.1, 0.15) is 18.1 Å². The van der Waals surface area contributed by atoms with Gasteiger partial charge in [0.25, 0.3) is 5.91 Å². The Hall–Kier alpha value is -4.50. The fourth-order valence-corrected chi connectivity index (χ4v) is 4.17. The molecule has 1 aliphatic rings. The fourth-order valence-electron chi connectivity index (χ4n) is 3.98. The lowest BCUT2D eigenvalue weighted by Crippen LogP contribution is -2.30. The topological polar surface area (TPSA) is 107 Å². The van der Waals surface area contributed by atoms with Gasteiger partial charge in [-0.25, -0.2) is 9.59 Å². The van der Waals surface area contributed by atoms with Gasteiger partial charge < -0.3 is 23.9 Å². The molecule has 0 spiro atoms. The van der Waals surface area contributed by atoms with Crippen LogP contribution in [0.5, 0.6) is 11.5 Å². The Bertz CT molecular complexity index is 1440. The molecule has 202 valence electrons. The number of furan rings is 1. The number of benzene rings is 2. The molecule has 2 heterocycles. The molecule has 0 radical (unpaired) electrons. The van der Waals surface area contributed by atoms with Gasteiger partial charge in [-0.1, -0.05) is 35.9 Å². The molecule has 3 aromatic rings. The minimum atomic E-state index is -0.654.